The lowest BCUT2D eigenvalue weighted by Gasteiger charge is -2.33. The van der Waals surface area contributed by atoms with Gasteiger partial charge in [0.05, 0.1) is 12.7 Å². The molecular weight excluding hydrogens is 584 g/mol. The quantitative estimate of drug-likeness (QED) is 0.166. The maximum absolute atomic E-state index is 14.2. The number of rotatable bonds is 11. The minimum atomic E-state index is -0.173. The molecule has 4 N–H and O–H groups in total. The molecule has 2 aliphatic heterocycles. The molecule has 0 bridgehead atoms. The van der Waals surface area contributed by atoms with Crippen LogP contribution in [0.25, 0.3) is 22.0 Å². The number of carbonyl (C=O) groups is 1. The number of pyridine rings is 1. The molecule has 47 heavy (non-hydrogen) atoms. The first-order chi connectivity index (χ1) is 22.9. The Morgan fingerprint density at radius 2 is 1.57 bits per heavy atom. The molecule has 0 atom stereocenters. The van der Waals surface area contributed by atoms with Crippen molar-refractivity contribution in [2.45, 2.75) is 71.0 Å². The number of hydrogen-bond acceptors (Lipinski definition) is 7. The zero-order valence-corrected chi connectivity index (χ0v) is 28.2. The van der Waals surface area contributed by atoms with Gasteiger partial charge in [0.15, 0.2) is 0 Å². The standard InChI is InChI=1S/C39H50N6O2/c1-4-5-20-44-21-16-30(17-22-44)41-32-25-33(47-3)37-34(27(32)2)35(29-14-10-7-11-15-29)36(38(40)43-37)39(46)42-31-18-23-45(24-19-31)26-28-12-8-6-9-13-28/h6-15,25,30-31,41H,4-5,16-24,26H2,1-3H3,(H2,40,43)(H,42,46). The van der Waals surface area contributed by atoms with Gasteiger partial charge < -0.3 is 26.0 Å². The molecule has 0 radical (unpaired) electrons. The second-order valence-electron chi connectivity index (χ2n) is 13.2. The van der Waals surface area contributed by atoms with E-state index in [4.69, 9.17) is 15.5 Å². The Hall–Kier alpha value is -4.14. The average molecular weight is 635 g/mol. The van der Waals surface area contributed by atoms with Crippen molar-refractivity contribution in [2.24, 2.45) is 0 Å². The van der Waals surface area contributed by atoms with Crippen LogP contribution in [-0.2, 0) is 6.54 Å². The molecule has 8 nitrogen and oxygen atoms in total. The van der Waals surface area contributed by atoms with E-state index in [0.717, 1.165) is 86.2 Å². The third kappa shape index (κ3) is 7.55. The van der Waals surface area contributed by atoms with Crippen molar-refractivity contribution < 1.29 is 9.53 Å². The van der Waals surface area contributed by atoms with E-state index < -0.39 is 0 Å². The fourth-order valence-electron chi connectivity index (χ4n) is 7.26. The van der Waals surface area contributed by atoms with Crippen LogP contribution in [0.4, 0.5) is 11.5 Å². The van der Waals surface area contributed by atoms with E-state index in [-0.39, 0.29) is 17.8 Å². The number of amides is 1. The lowest BCUT2D eigenvalue weighted by molar-refractivity contribution is 0.0910. The van der Waals surface area contributed by atoms with Crippen LogP contribution in [0.1, 0.15) is 66.9 Å². The predicted octanol–water partition coefficient (Wildman–Crippen LogP) is 6.87. The number of anilines is 2. The van der Waals surface area contributed by atoms with Crippen LogP contribution in [-0.4, -0.2) is 72.6 Å². The summed E-state index contributed by atoms with van der Waals surface area (Å²) in [7, 11) is 1.67. The zero-order valence-electron chi connectivity index (χ0n) is 28.2. The van der Waals surface area contributed by atoms with Gasteiger partial charge in [-0.25, -0.2) is 4.98 Å². The maximum atomic E-state index is 14.2. The lowest BCUT2D eigenvalue weighted by Crippen LogP contribution is -2.44. The molecule has 248 valence electrons. The first-order valence-electron chi connectivity index (χ1n) is 17.4. The minimum absolute atomic E-state index is 0.0695. The first kappa shape index (κ1) is 32.8. The molecule has 2 aliphatic rings. The van der Waals surface area contributed by atoms with Crippen molar-refractivity contribution in [3.05, 3.63) is 83.4 Å². The number of carbonyl (C=O) groups excluding carboxylic acids is 1. The highest BCUT2D eigenvalue weighted by molar-refractivity contribution is 6.14. The van der Waals surface area contributed by atoms with Crippen molar-refractivity contribution in [1.82, 2.24) is 20.1 Å². The molecule has 0 unspecified atom stereocenters. The first-order valence-corrected chi connectivity index (χ1v) is 17.4. The molecule has 3 heterocycles. The zero-order chi connectivity index (χ0) is 32.8. The van der Waals surface area contributed by atoms with Crippen LogP contribution in [0.3, 0.4) is 0 Å². The Balaban J connectivity index is 1.29. The molecule has 1 aromatic heterocycles. The average Bonchev–Trinajstić information content (AvgIpc) is 3.10. The predicted molar refractivity (Wildman–Crippen MR) is 193 cm³/mol. The highest BCUT2D eigenvalue weighted by Crippen LogP contribution is 2.42. The van der Waals surface area contributed by atoms with Crippen LogP contribution < -0.4 is 21.1 Å². The Kier molecular flexibility index (Phi) is 10.6. The Morgan fingerprint density at radius 1 is 0.936 bits per heavy atom. The van der Waals surface area contributed by atoms with Gasteiger partial charge in [-0.05, 0) is 62.3 Å². The fraction of sp³-hybridized carbons (Fsp3) is 0.436. The van der Waals surface area contributed by atoms with Gasteiger partial charge in [0.2, 0.25) is 0 Å². The third-order valence-electron chi connectivity index (χ3n) is 9.97. The van der Waals surface area contributed by atoms with Crippen LogP contribution in [0.5, 0.6) is 5.75 Å². The molecule has 2 fully saturated rings. The van der Waals surface area contributed by atoms with Gasteiger partial charge in [-0.15, -0.1) is 0 Å². The van der Waals surface area contributed by atoms with Gasteiger partial charge in [-0.3, -0.25) is 9.69 Å². The number of aryl methyl sites for hydroxylation is 1. The maximum Gasteiger partial charge on any atom is 0.255 e. The summed E-state index contributed by atoms with van der Waals surface area (Å²) in [4.78, 5) is 24.1. The second-order valence-corrected chi connectivity index (χ2v) is 13.2. The van der Waals surface area contributed by atoms with Crippen molar-refractivity contribution in [2.75, 3.05) is 50.9 Å². The lowest BCUT2D eigenvalue weighted by atomic mass is 9.91. The fourth-order valence-corrected chi connectivity index (χ4v) is 7.26. The summed E-state index contributed by atoms with van der Waals surface area (Å²) in [5.74, 6) is 0.691. The largest absolute Gasteiger partial charge is 0.494 e. The van der Waals surface area contributed by atoms with Crippen LogP contribution in [0.2, 0.25) is 0 Å². The van der Waals surface area contributed by atoms with E-state index in [1.807, 2.05) is 36.4 Å². The summed E-state index contributed by atoms with van der Waals surface area (Å²) >= 11 is 0. The van der Waals surface area contributed by atoms with Gasteiger partial charge in [-0.2, -0.15) is 0 Å². The summed E-state index contributed by atoms with van der Waals surface area (Å²) in [6.07, 6.45) is 6.43. The minimum Gasteiger partial charge on any atom is -0.494 e. The monoisotopic (exact) mass is 634 g/mol. The SMILES string of the molecule is CCCCN1CCC(Nc2cc(OC)c3nc(N)c(C(=O)NC4CCN(Cc5ccccc5)CC4)c(-c4ccccc4)c3c2C)CC1. The molecule has 0 saturated carbocycles. The van der Waals surface area contributed by atoms with Crippen molar-refractivity contribution in [3.8, 4) is 16.9 Å². The highest BCUT2D eigenvalue weighted by atomic mass is 16.5. The number of aromatic nitrogens is 1. The molecule has 2 saturated heterocycles. The summed E-state index contributed by atoms with van der Waals surface area (Å²) in [5, 5.41) is 8.09. The topological polar surface area (TPSA) is 95.7 Å². The summed E-state index contributed by atoms with van der Waals surface area (Å²) in [6.45, 7) is 10.5. The number of likely N-dealkylation sites (tertiary alicyclic amines) is 2. The van der Waals surface area contributed by atoms with E-state index >= 15 is 0 Å². The number of nitrogens with zero attached hydrogens (tertiary/aromatic N) is 3. The second kappa shape index (κ2) is 15.2. The van der Waals surface area contributed by atoms with E-state index in [1.54, 1.807) is 7.11 Å². The summed E-state index contributed by atoms with van der Waals surface area (Å²) in [5.41, 5.74) is 12.9. The van der Waals surface area contributed by atoms with Crippen molar-refractivity contribution in [1.29, 1.82) is 0 Å². The number of benzene rings is 3. The Morgan fingerprint density at radius 3 is 2.23 bits per heavy atom. The Bertz CT molecular complexity index is 1650. The molecule has 6 rings (SSSR count). The molecular formula is C39H50N6O2. The van der Waals surface area contributed by atoms with Gasteiger partial charge in [-0.1, -0.05) is 74.0 Å². The van der Waals surface area contributed by atoms with Crippen molar-refractivity contribution >= 4 is 28.3 Å². The third-order valence-corrected chi connectivity index (χ3v) is 9.97. The molecule has 4 aromatic rings. The van der Waals surface area contributed by atoms with Gasteiger partial charge in [0.1, 0.15) is 17.1 Å². The number of fused-ring (bicyclic) bond motifs is 1. The highest BCUT2D eigenvalue weighted by Gasteiger charge is 2.29. The number of unbranched alkanes of at least 4 members (excludes halogenated alkanes) is 1. The number of piperidine rings is 2. The van der Waals surface area contributed by atoms with Gasteiger partial charge in [0, 0.05) is 67.5 Å². The van der Waals surface area contributed by atoms with E-state index in [0.29, 0.717) is 22.9 Å². The van der Waals surface area contributed by atoms with Crippen LogP contribution in [0, 0.1) is 6.92 Å². The smallest absolute Gasteiger partial charge is 0.255 e. The molecule has 0 aliphatic carbocycles. The number of nitrogens with one attached hydrogen (secondary N) is 2. The van der Waals surface area contributed by atoms with Crippen LogP contribution >= 0.6 is 0 Å². The van der Waals surface area contributed by atoms with Crippen LogP contribution in [0.15, 0.2) is 66.7 Å². The molecule has 8 heteroatoms. The molecule has 3 aromatic carbocycles. The van der Waals surface area contributed by atoms with E-state index in [2.05, 4.69) is 64.6 Å². The molecule has 0 spiro atoms. The number of nitrogens with two attached hydrogens (primary N) is 1. The number of methoxy groups -OCH3 is 1. The number of ether oxygens (including phenoxy) is 1. The molecule has 1 amide bonds. The number of nitrogen functional groups attached to an aromatic ring is 1. The van der Waals surface area contributed by atoms with Gasteiger partial charge in [0.25, 0.3) is 5.91 Å². The number of hydrogen-bond donors (Lipinski definition) is 3. The Labute approximate surface area is 279 Å². The normalized spacial score (nSPS) is 16.7. The summed E-state index contributed by atoms with van der Waals surface area (Å²) < 4.78 is 5.92. The summed E-state index contributed by atoms with van der Waals surface area (Å²) in [6, 6.07) is 23.1. The van der Waals surface area contributed by atoms with E-state index in [9.17, 15) is 4.79 Å². The van der Waals surface area contributed by atoms with Crippen molar-refractivity contribution in [3.63, 3.8) is 0 Å². The van der Waals surface area contributed by atoms with E-state index in [1.165, 1.54) is 24.9 Å². The van der Waals surface area contributed by atoms with Gasteiger partial charge >= 0.3 is 0 Å².